The van der Waals surface area contributed by atoms with Crippen LogP contribution in [0.25, 0.3) is 0 Å². The molecule has 0 radical (unpaired) electrons. The average Bonchev–Trinajstić information content (AvgIpc) is 3.16. The van der Waals surface area contributed by atoms with E-state index in [1.54, 1.807) is 17.4 Å². The molecular formula is C16H16FNO2S. The molecule has 1 aliphatic carbocycles. The van der Waals surface area contributed by atoms with Gasteiger partial charge in [-0.15, -0.1) is 11.3 Å². The van der Waals surface area contributed by atoms with Crippen LogP contribution in [0.3, 0.4) is 0 Å². The van der Waals surface area contributed by atoms with Crippen molar-refractivity contribution in [2.45, 2.75) is 32.0 Å². The third kappa shape index (κ3) is 3.49. The van der Waals surface area contributed by atoms with E-state index in [-0.39, 0.29) is 5.56 Å². The van der Waals surface area contributed by atoms with Gasteiger partial charge >= 0.3 is 5.97 Å². The minimum absolute atomic E-state index is 0.269. The lowest BCUT2D eigenvalue weighted by atomic mass is 10.1. The van der Waals surface area contributed by atoms with Crippen LogP contribution >= 0.6 is 11.3 Å². The van der Waals surface area contributed by atoms with Gasteiger partial charge in [0.25, 0.3) is 0 Å². The molecule has 0 amide bonds. The number of carboxylic acids is 1. The smallest absolute Gasteiger partial charge is 0.338 e. The molecule has 0 aliphatic heterocycles. The zero-order chi connectivity index (χ0) is 14.8. The molecule has 0 atom stereocenters. The topological polar surface area (TPSA) is 40.5 Å². The third-order valence-electron chi connectivity index (χ3n) is 3.65. The van der Waals surface area contributed by atoms with Gasteiger partial charge in [-0.1, -0.05) is 12.1 Å². The molecule has 0 spiro atoms. The summed E-state index contributed by atoms with van der Waals surface area (Å²) in [7, 11) is 0. The van der Waals surface area contributed by atoms with Gasteiger partial charge < -0.3 is 5.11 Å². The van der Waals surface area contributed by atoms with Crippen LogP contribution in [0.5, 0.6) is 0 Å². The summed E-state index contributed by atoms with van der Waals surface area (Å²) in [5.41, 5.74) is 0.552. The van der Waals surface area contributed by atoms with Gasteiger partial charge in [0, 0.05) is 24.0 Å². The second-order valence-electron chi connectivity index (χ2n) is 5.33. The fraction of sp³-hybridized carbons (Fsp3) is 0.312. The summed E-state index contributed by atoms with van der Waals surface area (Å²) in [6, 6.07) is 9.10. The highest BCUT2D eigenvalue weighted by Crippen LogP contribution is 2.30. The molecule has 0 saturated heterocycles. The number of carboxylic acid groups (broad SMARTS) is 1. The zero-order valence-corrected chi connectivity index (χ0v) is 12.3. The Labute approximate surface area is 126 Å². The Kier molecular flexibility index (Phi) is 4.03. The Hall–Kier alpha value is -1.72. The van der Waals surface area contributed by atoms with Crippen LogP contribution in [0.1, 0.15) is 33.6 Å². The van der Waals surface area contributed by atoms with Crippen LogP contribution in [-0.2, 0) is 13.1 Å². The molecule has 1 N–H and O–H groups in total. The highest BCUT2D eigenvalue weighted by Gasteiger charge is 2.29. The lowest BCUT2D eigenvalue weighted by Gasteiger charge is -2.21. The van der Waals surface area contributed by atoms with Gasteiger partial charge in [-0.05, 0) is 42.0 Å². The first-order valence-corrected chi connectivity index (χ1v) is 7.79. The number of hydrogen-bond donors (Lipinski definition) is 1. The summed E-state index contributed by atoms with van der Waals surface area (Å²) in [4.78, 5) is 14.5. The molecule has 0 unspecified atom stereocenters. The van der Waals surface area contributed by atoms with E-state index in [0.29, 0.717) is 12.6 Å². The summed E-state index contributed by atoms with van der Waals surface area (Å²) in [6.07, 6.45) is 2.36. The second kappa shape index (κ2) is 5.95. The summed E-state index contributed by atoms with van der Waals surface area (Å²) < 4.78 is 13.7. The molecule has 0 bridgehead atoms. The lowest BCUT2D eigenvalue weighted by Crippen LogP contribution is -2.24. The van der Waals surface area contributed by atoms with Crippen molar-refractivity contribution in [1.82, 2.24) is 4.90 Å². The highest BCUT2D eigenvalue weighted by molar-refractivity contribution is 7.09. The molecule has 1 fully saturated rings. The Bertz CT molecular complexity index is 638. The van der Waals surface area contributed by atoms with E-state index in [0.717, 1.165) is 12.1 Å². The first-order valence-electron chi connectivity index (χ1n) is 6.91. The number of rotatable bonds is 6. The Morgan fingerprint density at radius 1 is 1.33 bits per heavy atom. The molecule has 5 heteroatoms. The van der Waals surface area contributed by atoms with Crippen LogP contribution < -0.4 is 0 Å². The molecule has 21 heavy (non-hydrogen) atoms. The van der Waals surface area contributed by atoms with Gasteiger partial charge in [0.05, 0.1) is 5.56 Å². The van der Waals surface area contributed by atoms with E-state index in [1.165, 1.54) is 29.9 Å². The number of carbonyl (C=O) groups is 1. The van der Waals surface area contributed by atoms with Gasteiger partial charge in [-0.3, -0.25) is 4.90 Å². The Morgan fingerprint density at radius 2 is 2.14 bits per heavy atom. The summed E-state index contributed by atoms with van der Waals surface area (Å²) in [5, 5.41) is 10.9. The molecule has 3 rings (SSSR count). The number of hydrogen-bond acceptors (Lipinski definition) is 3. The minimum Gasteiger partial charge on any atom is -0.478 e. The zero-order valence-electron chi connectivity index (χ0n) is 11.5. The lowest BCUT2D eigenvalue weighted by molar-refractivity contribution is 0.0692. The molecule has 3 nitrogen and oxygen atoms in total. The van der Waals surface area contributed by atoms with Crippen molar-refractivity contribution in [2.75, 3.05) is 0 Å². The molecule has 2 aromatic rings. The summed E-state index contributed by atoms with van der Waals surface area (Å²) in [6.45, 7) is 1.52. The van der Waals surface area contributed by atoms with E-state index < -0.39 is 11.8 Å². The van der Waals surface area contributed by atoms with E-state index in [2.05, 4.69) is 16.3 Å². The number of thiophene rings is 1. The first-order chi connectivity index (χ1) is 10.1. The van der Waals surface area contributed by atoms with Gasteiger partial charge in [0.1, 0.15) is 5.82 Å². The third-order valence-corrected chi connectivity index (χ3v) is 4.51. The fourth-order valence-corrected chi connectivity index (χ4v) is 3.15. The van der Waals surface area contributed by atoms with Crippen LogP contribution in [0.2, 0.25) is 0 Å². The van der Waals surface area contributed by atoms with Gasteiger partial charge in [-0.2, -0.15) is 0 Å². The van der Waals surface area contributed by atoms with E-state index in [1.807, 2.05) is 6.07 Å². The van der Waals surface area contributed by atoms with Gasteiger partial charge in [0.2, 0.25) is 0 Å². The van der Waals surface area contributed by atoms with Gasteiger partial charge in [-0.25, -0.2) is 9.18 Å². The SMILES string of the molecule is O=C(O)c1ccc(CN(Cc2cccs2)C2CC2)cc1F. The molecule has 1 heterocycles. The van der Waals surface area contributed by atoms with Crippen LogP contribution in [0.15, 0.2) is 35.7 Å². The summed E-state index contributed by atoms with van der Waals surface area (Å²) >= 11 is 1.72. The van der Waals surface area contributed by atoms with Crippen molar-refractivity contribution in [3.05, 3.63) is 57.5 Å². The molecule has 1 aliphatic rings. The summed E-state index contributed by atoms with van der Waals surface area (Å²) in [5.74, 6) is -1.89. The van der Waals surface area contributed by atoms with Crippen molar-refractivity contribution in [3.63, 3.8) is 0 Å². The number of benzene rings is 1. The second-order valence-corrected chi connectivity index (χ2v) is 6.37. The van der Waals surface area contributed by atoms with E-state index >= 15 is 0 Å². The monoisotopic (exact) mass is 305 g/mol. The van der Waals surface area contributed by atoms with Crippen LogP contribution in [0.4, 0.5) is 4.39 Å². The van der Waals surface area contributed by atoms with Crippen molar-refractivity contribution < 1.29 is 14.3 Å². The Balaban J connectivity index is 1.73. The quantitative estimate of drug-likeness (QED) is 0.883. The predicted molar refractivity (Wildman–Crippen MR) is 79.9 cm³/mol. The number of halogens is 1. The Morgan fingerprint density at radius 3 is 2.71 bits per heavy atom. The first kappa shape index (κ1) is 14.2. The van der Waals surface area contributed by atoms with Crippen molar-refractivity contribution in [1.29, 1.82) is 0 Å². The normalized spacial score (nSPS) is 14.6. The minimum atomic E-state index is -1.23. The maximum Gasteiger partial charge on any atom is 0.338 e. The van der Waals surface area contributed by atoms with E-state index in [4.69, 9.17) is 5.11 Å². The number of aromatic carboxylic acids is 1. The average molecular weight is 305 g/mol. The molecular weight excluding hydrogens is 289 g/mol. The maximum absolute atomic E-state index is 13.7. The van der Waals surface area contributed by atoms with Gasteiger partial charge in [0.15, 0.2) is 0 Å². The predicted octanol–water partition coefficient (Wildman–Crippen LogP) is 3.75. The van der Waals surface area contributed by atoms with Crippen LogP contribution in [0, 0.1) is 5.82 Å². The standard InChI is InChI=1S/C16H16FNO2S/c17-15-8-11(3-6-14(15)16(19)20)9-18(12-4-5-12)10-13-2-1-7-21-13/h1-3,6-8,12H,4-5,9-10H2,(H,19,20). The molecule has 1 saturated carbocycles. The molecule has 1 aromatic carbocycles. The fourth-order valence-electron chi connectivity index (χ4n) is 2.42. The van der Waals surface area contributed by atoms with Crippen molar-refractivity contribution in [3.8, 4) is 0 Å². The van der Waals surface area contributed by atoms with Crippen molar-refractivity contribution >= 4 is 17.3 Å². The highest BCUT2D eigenvalue weighted by atomic mass is 32.1. The number of nitrogens with zero attached hydrogens (tertiary/aromatic N) is 1. The maximum atomic E-state index is 13.7. The van der Waals surface area contributed by atoms with Crippen LogP contribution in [-0.4, -0.2) is 22.0 Å². The molecule has 1 aromatic heterocycles. The van der Waals surface area contributed by atoms with Crippen molar-refractivity contribution in [2.24, 2.45) is 0 Å². The van der Waals surface area contributed by atoms with E-state index in [9.17, 15) is 9.18 Å². The molecule has 110 valence electrons. The largest absolute Gasteiger partial charge is 0.478 e.